The first kappa shape index (κ1) is 34.8. The van der Waals surface area contributed by atoms with Gasteiger partial charge < -0.3 is 20.4 Å². The third-order valence-electron chi connectivity index (χ3n) is 9.27. The zero-order valence-electron chi connectivity index (χ0n) is 27.1. The highest BCUT2D eigenvalue weighted by Gasteiger charge is 2.52. The van der Waals surface area contributed by atoms with E-state index in [1.807, 2.05) is 24.3 Å². The number of rotatable bonds is 10. The summed E-state index contributed by atoms with van der Waals surface area (Å²) in [4.78, 5) is 46.8. The highest BCUT2D eigenvalue weighted by Crippen LogP contribution is 2.37. The number of aromatic nitrogens is 1. The van der Waals surface area contributed by atoms with Crippen LogP contribution in [0.1, 0.15) is 41.6 Å². The van der Waals surface area contributed by atoms with E-state index in [-0.39, 0.29) is 51.8 Å². The van der Waals surface area contributed by atoms with Gasteiger partial charge in [-0.25, -0.2) is 17.5 Å². The number of nitrogens with two attached hydrogens (primary N) is 1. The monoisotopic (exact) mass is 725 g/mol. The second-order valence-electron chi connectivity index (χ2n) is 12.8. The van der Waals surface area contributed by atoms with E-state index < -0.39 is 33.9 Å². The molecule has 3 unspecified atom stereocenters. The number of halogens is 2. The van der Waals surface area contributed by atoms with Crippen LogP contribution in [0.15, 0.2) is 71.8 Å². The number of benzene rings is 3. The number of aromatic amines is 1. The molecule has 4 aromatic rings. The van der Waals surface area contributed by atoms with Crippen molar-refractivity contribution in [3.8, 4) is 11.5 Å². The quantitative estimate of drug-likeness (QED) is 0.183. The maximum Gasteiger partial charge on any atom is 0.341 e. The van der Waals surface area contributed by atoms with Gasteiger partial charge in [0.1, 0.15) is 17.5 Å². The third-order valence-corrected chi connectivity index (χ3v) is 11.8. The Morgan fingerprint density at radius 1 is 1.02 bits per heavy atom. The topological polar surface area (TPSA) is 146 Å². The summed E-state index contributed by atoms with van der Waals surface area (Å²) in [7, 11) is -1.64. The minimum absolute atomic E-state index is 0.00807. The molecule has 6 rings (SSSR count). The van der Waals surface area contributed by atoms with Crippen LogP contribution in [0.3, 0.4) is 0 Å². The van der Waals surface area contributed by atoms with Crippen molar-refractivity contribution in [1.82, 2.24) is 19.1 Å². The standard InChI is InChI=1S/C35H37Cl2N5O6S/c1-40(2)33(43)27-17-25(11-13-32(27)48-24-10-12-28(36)29(37)16-24)49(46,47)42-31(15-23-19-39-30-9-4-3-8-26(23)30)34(44)41(35(42)45)20-22-7-5-6-21(14-22)18-38/h3-4,8-13,16-17,19,21-22,31,39H,5-7,14-15,18,20,38H2,1-2H3. The Bertz CT molecular complexity index is 2030. The first-order valence-corrected chi connectivity index (χ1v) is 18.2. The van der Waals surface area contributed by atoms with Crippen LogP contribution in [-0.4, -0.2) is 78.6 Å². The summed E-state index contributed by atoms with van der Waals surface area (Å²) in [5.41, 5.74) is 7.39. The van der Waals surface area contributed by atoms with Crippen molar-refractivity contribution < 1.29 is 27.5 Å². The molecule has 0 radical (unpaired) electrons. The van der Waals surface area contributed by atoms with Crippen molar-refractivity contribution >= 4 is 62.0 Å². The molecule has 0 bridgehead atoms. The number of nitrogens with one attached hydrogen (secondary N) is 1. The Labute approximate surface area is 294 Å². The zero-order chi connectivity index (χ0) is 35.0. The Balaban J connectivity index is 1.39. The first-order chi connectivity index (χ1) is 23.4. The first-order valence-electron chi connectivity index (χ1n) is 16.0. The lowest BCUT2D eigenvalue weighted by molar-refractivity contribution is -0.128. The number of H-pyrrole nitrogens is 1. The molecule has 11 nitrogen and oxygen atoms in total. The fraction of sp³-hybridized carbons (Fsp3) is 0.343. The Kier molecular flexibility index (Phi) is 9.95. The molecule has 2 fully saturated rings. The van der Waals surface area contributed by atoms with Gasteiger partial charge in [0.05, 0.1) is 20.5 Å². The molecule has 3 aromatic carbocycles. The van der Waals surface area contributed by atoms with Crippen molar-refractivity contribution in [2.45, 2.75) is 43.0 Å². The van der Waals surface area contributed by atoms with Crippen LogP contribution in [0.25, 0.3) is 10.9 Å². The molecule has 14 heteroatoms. The fourth-order valence-corrected chi connectivity index (χ4v) is 8.56. The van der Waals surface area contributed by atoms with Crippen molar-refractivity contribution in [3.63, 3.8) is 0 Å². The van der Waals surface area contributed by atoms with Gasteiger partial charge in [-0.2, -0.15) is 0 Å². The summed E-state index contributed by atoms with van der Waals surface area (Å²) in [6.45, 7) is 0.617. The van der Waals surface area contributed by atoms with Crippen LogP contribution in [0, 0.1) is 11.8 Å². The summed E-state index contributed by atoms with van der Waals surface area (Å²) in [5, 5.41) is 1.36. The molecule has 1 aromatic heterocycles. The highest BCUT2D eigenvalue weighted by molar-refractivity contribution is 7.89. The Morgan fingerprint density at radius 2 is 1.78 bits per heavy atom. The van der Waals surface area contributed by atoms with Gasteiger partial charge in [-0.05, 0) is 79.6 Å². The van der Waals surface area contributed by atoms with E-state index in [9.17, 15) is 22.8 Å². The Morgan fingerprint density at radius 3 is 2.51 bits per heavy atom. The largest absolute Gasteiger partial charge is 0.456 e. The summed E-state index contributed by atoms with van der Waals surface area (Å²) in [6, 6.07) is 13.5. The van der Waals surface area contributed by atoms with E-state index in [1.165, 1.54) is 49.3 Å². The van der Waals surface area contributed by atoms with E-state index in [0.717, 1.165) is 41.5 Å². The second kappa shape index (κ2) is 14.0. The molecular weight excluding hydrogens is 689 g/mol. The summed E-state index contributed by atoms with van der Waals surface area (Å²) < 4.78 is 35.7. The van der Waals surface area contributed by atoms with Crippen LogP contribution in [0.5, 0.6) is 11.5 Å². The number of amides is 4. The number of carbonyl (C=O) groups is 3. The van der Waals surface area contributed by atoms with Crippen molar-refractivity contribution in [2.24, 2.45) is 17.6 Å². The number of para-hydroxylation sites is 1. The average Bonchev–Trinajstić information content (AvgIpc) is 3.60. The molecule has 3 atom stereocenters. The van der Waals surface area contributed by atoms with Crippen LogP contribution in [-0.2, 0) is 21.2 Å². The van der Waals surface area contributed by atoms with Crippen molar-refractivity contribution in [3.05, 3.63) is 88.0 Å². The molecule has 2 heterocycles. The maximum atomic E-state index is 14.5. The lowest BCUT2D eigenvalue weighted by Crippen LogP contribution is -2.42. The number of sulfonamides is 1. The Hall–Kier alpha value is -4.10. The van der Waals surface area contributed by atoms with Crippen molar-refractivity contribution in [1.29, 1.82) is 0 Å². The number of carbonyl (C=O) groups excluding carboxylic acids is 3. The molecule has 4 amide bonds. The summed E-state index contributed by atoms with van der Waals surface area (Å²) in [5.74, 6) is -0.507. The van der Waals surface area contributed by atoms with Crippen LogP contribution in [0.4, 0.5) is 4.79 Å². The lowest BCUT2D eigenvalue weighted by Gasteiger charge is -2.30. The number of hydrogen-bond donors (Lipinski definition) is 2. The van der Waals surface area contributed by atoms with Crippen LogP contribution >= 0.6 is 23.2 Å². The van der Waals surface area contributed by atoms with E-state index in [2.05, 4.69) is 4.98 Å². The van der Waals surface area contributed by atoms with Gasteiger partial charge in [0, 0.05) is 50.2 Å². The van der Waals surface area contributed by atoms with E-state index in [4.69, 9.17) is 33.7 Å². The highest BCUT2D eigenvalue weighted by atomic mass is 35.5. The number of ether oxygens (including phenoxy) is 1. The molecule has 1 aliphatic heterocycles. The lowest BCUT2D eigenvalue weighted by atomic mass is 9.81. The number of hydrogen-bond acceptors (Lipinski definition) is 7. The third kappa shape index (κ3) is 6.87. The predicted molar refractivity (Wildman–Crippen MR) is 187 cm³/mol. The fourth-order valence-electron chi connectivity index (χ4n) is 6.73. The predicted octanol–water partition coefficient (Wildman–Crippen LogP) is 6.30. The van der Waals surface area contributed by atoms with Gasteiger partial charge in [0.2, 0.25) is 0 Å². The van der Waals surface area contributed by atoms with Crippen LogP contribution in [0.2, 0.25) is 10.0 Å². The van der Waals surface area contributed by atoms with Gasteiger partial charge in [-0.3, -0.25) is 14.5 Å². The SMILES string of the molecule is CN(C)C(=O)c1cc(S(=O)(=O)N2C(=O)N(CC3CCCC(CN)C3)C(=O)C2Cc2c[nH]c3ccccc23)ccc1Oc1ccc(Cl)c(Cl)c1. The molecule has 0 spiro atoms. The molecule has 2 aliphatic rings. The van der Waals surface area contributed by atoms with E-state index >= 15 is 0 Å². The zero-order valence-corrected chi connectivity index (χ0v) is 29.4. The van der Waals surface area contributed by atoms with Crippen molar-refractivity contribution in [2.75, 3.05) is 27.2 Å². The minimum atomic E-state index is -4.67. The molecule has 1 saturated carbocycles. The normalized spacial score (nSPS) is 19.9. The molecule has 258 valence electrons. The molecule has 1 aliphatic carbocycles. The second-order valence-corrected chi connectivity index (χ2v) is 15.4. The average molecular weight is 727 g/mol. The van der Waals surface area contributed by atoms with Gasteiger partial charge >= 0.3 is 6.03 Å². The minimum Gasteiger partial charge on any atom is -0.456 e. The van der Waals surface area contributed by atoms with Gasteiger partial charge in [0.15, 0.2) is 0 Å². The van der Waals surface area contributed by atoms with E-state index in [1.54, 1.807) is 12.3 Å². The van der Waals surface area contributed by atoms with E-state index in [0.29, 0.717) is 21.4 Å². The number of imide groups is 1. The molecule has 3 N–H and O–H groups in total. The van der Waals surface area contributed by atoms with Gasteiger partial charge in [-0.15, -0.1) is 0 Å². The summed E-state index contributed by atoms with van der Waals surface area (Å²) in [6.07, 6.45) is 5.15. The number of fused-ring (bicyclic) bond motifs is 1. The molecular formula is C35H37Cl2N5O6S. The molecule has 1 saturated heterocycles. The van der Waals surface area contributed by atoms with Gasteiger partial charge in [-0.1, -0.05) is 47.8 Å². The number of nitrogens with zero attached hydrogens (tertiary/aromatic N) is 3. The molecule has 49 heavy (non-hydrogen) atoms. The smallest absolute Gasteiger partial charge is 0.341 e. The maximum absolute atomic E-state index is 14.5. The number of urea groups is 1. The van der Waals surface area contributed by atoms with Gasteiger partial charge in [0.25, 0.3) is 21.8 Å². The van der Waals surface area contributed by atoms with Crippen LogP contribution < -0.4 is 10.5 Å². The summed E-state index contributed by atoms with van der Waals surface area (Å²) >= 11 is 12.2.